The average molecular weight is 446 g/mol. The number of methoxy groups -OCH3 is 1. The summed E-state index contributed by atoms with van der Waals surface area (Å²) < 4.78 is 30.9. The summed E-state index contributed by atoms with van der Waals surface area (Å²) in [6.07, 6.45) is 1.32. The number of rotatable bonds is 6. The van der Waals surface area contributed by atoms with E-state index in [1.165, 1.54) is 16.2 Å². The molecule has 0 aliphatic carbocycles. The van der Waals surface area contributed by atoms with E-state index < -0.39 is 16.1 Å². The molecule has 2 aliphatic heterocycles. The predicted molar refractivity (Wildman–Crippen MR) is 124 cm³/mol. The fourth-order valence-electron chi connectivity index (χ4n) is 4.67. The monoisotopic (exact) mass is 445 g/mol. The molecular weight excluding hydrogens is 414 g/mol. The van der Waals surface area contributed by atoms with Crippen molar-refractivity contribution in [2.75, 3.05) is 55.3 Å². The van der Waals surface area contributed by atoms with Gasteiger partial charge in [-0.1, -0.05) is 12.1 Å². The van der Waals surface area contributed by atoms with Gasteiger partial charge in [0, 0.05) is 44.5 Å². The number of benzene rings is 2. The molecule has 0 bridgehead atoms. The van der Waals surface area contributed by atoms with Crippen molar-refractivity contribution in [3.05, 3.63) is 53.6 Å². The van der Waals surface area contributed by atoms with E-state index in [9.17, 15) is 13.5 Å². The highest BCUT2D eigenvalue weighted by Gasteiger charge is 2.33. The first-order chi connectivity index (χ1) is 14.8. The van der Waals surface area contributed by atoms with Gasteiger partial charge >= 0.3 is 0 Å². The zero-order chi connectivity index (χ0) is 22.2. The van der Waals surface area contributed by atoms with E-state index in [0.29, 0.717) is 13.0 Å². The molecule has 8 heteroatoms. The third-order valence-corrected chi connectivity index (χ3v) is 7.51. The zero-order valence-electron chi connectivity index (χ0n) is 18.4. The van der Waals surface area contributed by atoms with Crippen LogP contribution in [0.1, 0.15) is 24.2 Å². The van der Waals surface area contributed by atoms with Crippen molar-refractivity contribution in [1.29, 1.82) is 0 Å². The molecule has 1 saturated heterocycles. The van der Waals surface area contributed by atoms with Gasteiger partial charge in [0.1, 0.15) is 5.75 Å². The number of aliphatic hydroxyl groups is 1. The van der Waals surface area contributed by atoms with E-state index in [1.807, 2.05) is 37.3 Å². The number of ether oxygens (including phenoxy) is 1. The summed E-state index contributed by atoms with van der Waals surface area (Å²) >= 11 is 0. The lowest BCUT2D eigenvalue weighted by atomic mass is 10.0. The van der Waals surface area contributed by atoms with Crippen LogP contribution in [0.15, 0.2) is 42.5 Å². The summed E-state index contributed by atoms with van der Waals surface area (Å²) in [5, 5.41) is 10.8. The van der Waals surface area contributed by atoms with Crippen LogP contribution < -0.4 is 13.9 Å². The summed E-state index contributed by atoms with van der Waals surface area (Å²) in [6, 6.07) is 13.7. The van der Waals surface area contributed by atoms with Crippen molar-refractivity contribution in [2.45, 2.75) is 25.5 Å². The van der Waals surface area contributed by atoms with Gasteiger partial charge in [-0.25, -0.2) is 8.42 Å². The second-order valence-electron chi connectivity index (χ2n) is 8.50. The molecular formula is C23H31N3O4S. The van der Waals surface area contributed by atoms with Crippen LogP contribution in [0, 0.1) is 0 Å². The molecule has 2 atom stereocenters. The highest BCUT2D eigenvalue weighted by atomic mass is 32.2. The second kappa shape index (κ2) is 8.68. The van der Waals surface area contributed by atoms with Crippen LogP contribution in [0.4, 0.5) is 11.4 Å². The molecule has 0 spiro atoms. The number of β-amino-alcohol motifs (C(OH)–C–C–N with tert-alkyl or cyclic N) is 1. The lowest BCUT2D eigenvalue weighted by molar-refractivity contribution is 0.109. The molecule has 0 radical (unpaired) electrons. The molecule has 4 rings (SSSR count). The Balaban J connectivity index is 1.36. The summed E-state index contributed by atoms with van der Waals surface area (Å²) in [6.45, 7) is 6.06. The minimum atomic E-state index is -3.30. The van der Waals surface area contributed by atoms with Crippen LogP contribution >= 0.6 is 0 Å². The maximum absolute atomic E-state index is 12.1. The highest BCUT2D eigenvalue weighted by molar-refractivity contribution is 7.92. The second-order valence-corrected chi connectivity index (χ2v) is 10.4. The SMILES string of the molecule is COc1ccc(N2CCN(CC(O)c3ccc4c(c3)CC(C)N4S(C)(=O)=O)CC2)cc1. The molecule has 168 valence electrons. The molecule has 0 aromatic heterocycles. The zero-order valence-corrected chi connectivity index (χ0v) is 19.2. The number of fused-ring (bicyclic) bond motifs is 1. The highest BCUT2D eigenvalue weighted by Crippen LogP contribution is 2.36. The predicted octanol–water partition coefficient (Wildman–Crippen LogP) is 2.26. The van der Waals surface area contributed by atoms with Crippen LogP contribution in [0.25, 0.3) is 0 Å². The number of nitrogens with zero attached hydrogens (tertiary/aromatic N) is 3. The average Bonchev–Trinajstić information content (AvgIpc) is 3.09. The Morgan fingerprint density at radius 1 is 1.10 bits per heavy atom. The number of hydrogen-bond donors (Lipinski definition) is 1. The van der Waals surface area contributed by atoms with Crippen molar-refractivity contribution in [3.8, 4) is 5.75 Å². The topological polar surface area (TPSA) is 73.3 Å². The van der Waals surface area contributed by atoms with Crippen molar-refractivity contribution < 1.29 is 18.3 Å². The van der Waals surface area contributed by atoms with Crippen LogP contribution in [0.2, 0.25) is 0 Å². The largest absolute Gasteiger partial charge is 0.497 e. The molecule has 0 saturated carbocycles. The Morgan fingerprint density at radius 3 is 2.39 bits per heavy atom. The fraction of sp³-hybridized carbons (Fsp3) is 0.478. The summed E-state index contributed by atoms with van der Waals surface area (Å²) in [4.78, 5) is 4.63. The van der Waals surface area contributed by atoms with Gasteiger partial charge < -0.3 is 14.7 Å². The van der Waals surface area contributed by atoms with Gasteiger partial charge in [-0.05, 0) is 54.8 Å². The summed E-state index contributed by atoms with van der Waals surface area (Å²) in [5.41, 5.74) is 3.75. The first-order valence-electron chi connectivity index (χ1n) is 10.7. The Labute approximate surface area is 184 Å². The molecule has 1 fully saturated rings. The molecule has 2 aromatic rings. The van der Waals surface area contributed by atoms with Gasteiger partial charge in [0.15, 0.2) is 0 Å². The van der Waals surface area contributed by atoms with Gasteiger partial charge in [0.2, 0.25) is 10.0 Å². The van der Waals surface area contributed by atoms with E-state index in [1.54, 1.807) is 7.11 Å². The van der Waals surface area contributed by atoms with Crippen molar-refractivity contribution in [1.82, 2.24) is 4.90 Å². The Hall–Kier alpha value is -2.29. The smallest absolute Gasteiger partial charge is 0.232 e. The number of hydrogen-bond acceptors (Lipinski definition) is 6. The molecule has 0 amide bonds. The molecule has 2 aliphatic rings. The molecule has 1 N–H and O–H groups in total. The minimum absolute atomic E-state index is 0.0941. The third-order valence-electron chi connectivity index (χ3n) is 6.24. The van der Waals surface area contributed by atoms with Crippen molar-refractivity contribution >= 4 is 21.4 Å². The standard InChI is InChI=1S/C23H31N3O4S/c1-17-14-19-15-18(4-9-22(19)26(17)31(3,28)29)23(27)16-24-10-12-25(13-11-24)20-5-7-21(30-2)8-6-20/h4-9,15,17,23,27H,10-14,16H2,1-3H3. The molecule has 2 unspecified atom stereocenters. The number of piperazine rings is 1. The van der Waals surface area contributed by atoms with Crippen LogP contribution in [-0.4, -0.2) is 70.6 Å². The Bertz CT molecular complexity index is 1020. The maximum atomic E-state index is 12.1. The van der Waals surface area contributed by atoms with E-state index in [4.69, 9.17) is 4.74 Å². The van der Waals surface area contributed by atoms with Gasteiger partial charge in [-0.15, -0.1) is 0 Å². The molecule has 7 nitrogen and oxygen atoms in total. The van der Waals surface area contributed by atoms with E-state index in [-0.39, 0.29) is 6.04 Å². The molecule has 2 aromatic carbocycles. The van der Waals surface area contributed by atoms with E-state index >= 15 is 0 Å². The quantitative estimate of drug-likeness (QED) is 0.735. The fourth-order valence-corrected chi connectivity index (χ4v) is 5.93. The van der Waals surface area contributed by atoms with E-state index in [0.717, 1.165) is 48.7 Å². The van der Waals surface area contributed by atoms with Crippen LogP contribution in [0.5, 0.6) is 5.75 Å². The first kappa shape index (κ1) is 21.9. The van der Waals surface area contributed by atoms with Crippen molar-refractivity contribution in [3.63, 3.8) is 0 Å². The van der Waals surface area contributed by atoms with Crippen molar-refractivity contribution in [2.24, 2.45) is 0 Å². The molecule has 31 heavy (non-hydrogen) atoms. The van der Waals surface area contributed by atoms with Gasteiger partial charge in [-0.3, -0.25) is 9.21 Å². The van der Waals surface area contributed by atoms with Gasteiger partial charge in [-0.2, -0.15) is 0 Å². The van der Waals surface area contributed by atoms with Gasteiger partial charge in [0.25, 0.3) is 0 Å². The molecule has 2 heterocycles. The number of sulfonamides is 1. The van der Waals surface area contributed by atoms with Crippen LogP contribution in [-0.2, 0) is 16.4 Å². The summed E-state index contributed by atoms with van der Waals surface area (Å²) in [5.74, 6) is 0.855. The minimum Gasteiger partial charge on any atom is -0.497 e. The maximum Gasteiger partial charge on any atom is 0.232 e. The third kappa shape index (κ3) is 4.66. The number of anilines is 2. The lowest BCUT2D eigenvalue weighted by Crippen LogP contribution is -2.47. The summed E-state index contributed by atoms with van der Waals surface area (Å²) in [7, 11) is -1.63. The lowest BCUT2D eigenvalue weighted by Gasteiger charge is -2.37. The van der Waals surface area contributed by atoms with E-state index in [2.05, 4.69) is 21.9 Å². The normalized spacial score (nSPS) is 20.6. The number of aliphatic hydroxyl groups excluding tert-OH is 1. The van der Waals surface area contributed by atoms with Gasteiger partial charge in [0.05, 0.1) is 25.2 Å². The van der Waals surface area contributed by atoms with Crippen LogP contribution in [0.3, 0.4) is 0 Å². The Morgan fingerprint density at radius 2 is 1.77 bits per heavy atom. The first-order valence-corrected chi connectivity index (χ1v) is 12.5. The Kier molecular flexibility index (Phi) is 6.14.